The molecule has 0 fully saturated rings. The number of carbonyl (C=O) groups is 1. The number of allylic oxidation sites excluding steroid dienone is 1. The van der Waals surface area contributed by atoms with Gasteiger partial charge in [-0.1, -0.05) is 12.6 Å². The van der Waals surface area contributed by atoms with Gasteiger partial charge in [0, 0.05) is 5.39 Å². The molecule has 108 valence electrons. The fraction of sp³-hybridized carbons (Fsp3) is 0.294. The third-order valence-corrected chi connectivity index (χ3v) is 2.95. The second-order valence-corrected chi connectivity index (χ2v) is 6.01. The van der Waals surface area contributed by atoms with Gasteiger partial charge < -0.3 is 4.74 Å². The van der Waals surface area contributed by atoms with Crippen molar-refractivity contribution >= 4 is 22.6 Å². The van der Waals surface area contributed by atoms with Gasteiger partial charge in [0.25, 0.3) is 0 Å². The highest BCUT2D eigenvalue weighted by Gasteiger charge is 2.22. The topological polar surface area (TPSA) is 55.0 Å². The van der Waals surface area contributed by atoms with Crippen molar-refractivity contribution in [3.05, 3.63) is 42.1 Å². The Bertz CT molecular complexity index is 770. The van der Waals surface area contributed by atoms with E-state index in [1.165, 1.54) is 4.57 Å². The van der Waals surface area contributed by atoms with Crippen molar-refractivity contribution in [1.29, 1.82) is 5.26 Å². The predicted molar refractivity (Wildman–Crippen MR) is 83.0 cm³/mol. The second-order valence-electron chi connectivity index (χ2n) is 6.01. The number of nitriles is 1. The van der Waals surface area contributed by atoms with Crippen LogP contribution in [0, 0.1) is 11.3 Å². The Hall–Kier alpha value is -2.54. The molecule has 4 nitrogen and oxygen atoms in total. The van der Waals surface area contributed by atoms with Gasteiger partial charge in [0.1, 0.15) is 5.60 Å². The molecule has 0 amide bonds. The van der Waals surface area contributed by atoms with Crippen molar-refractivity contribution in [1.82, 2.24) is 4.57 Å². The molecule has 0 aliphatic carbocycles. The lowest BCUT2D eigenvalue weighted by atomic mass is 10.2. The van der Waals surface area contributed by atoms with Gasteiger partial charge in [-0.3, -0.25) is 0 Å². The molecule has 1 aromatic heterocycles. The molecular weight excluding hydrogens is 264 g/mol. The molecule has 0 bridgehead atoms. The number of carbonyl (C=O) groups excluding carboxylic acids is 1. The highest BCUT2D eigenvalue weighted by molar-refractivity contribution is 5.95. The molecule has 2 rings (SSSR count). The van der Waals surface area contributed by atoms with Crippen LogP contribution in [0.2, 0.25) is 0 Å². The Morgan fingerprint density at radius 2 is 2.00 bits per heavy atom. The van der Waals surface area contributed by atoms with Crippen LogP contribution in [-0.2, 0) is 4.74 Å². The summed E-state index contributed by atoms with van der Waals surface area (Å²) in [6.07, 6.45) is -0.467. The second kappa shape index (κ2) is 5.10. The highest BCUT2D eigenvalue weighted by atomic mass is 16.6. The molecule has 1 aromatic carbocycles. The van der Waals surface area contributed by atoms with Crippen molar-refractivity contribution in [2.24, 2.45) is 0 Å². The summed E-state index contributed by atoms with van der Waals surface area (Å²) in [5.41, 5.74) is 2.01. The van der Waals surface area contributed by atoms with Crippen LogP contribution >= 0.6 is 0 Å². The lowest BCUT2D eigenvalue weighted by Gasteiger charge is -2.21. The molecule has 0 spiro atoms. The van der Waals surface area contributed by atoms with E-state index in [1.807, 2.05) is 39.8 Å². The lowest BCUT2D eigenvalue weighted by Crippen LogP contribution is -2.27. The molecule has 1 heterocycles. The summed E-state index contributed by atoms with van der Waals surface area (Å²) >= 11 is 0. The summed E-state index contributed by atoms with van der Waals surface area (Å²) in [4.78, 5) is 12.5. The Labute approximate surface area is 124 Å². The van der Waals surface area contributed by atoms with Gasteiger partial charge >= 0.3 is 6.09 Å². The molecule has 0 aliphatic heterocycles. The molecule has 0 N–H and O–H groups in total. The fourth-order valence-electron chi connectivity index (χ4n) is 2.09. The average molecular weight is 282 g/mol. The first kappa shape index (κ1) is 14.9. The Balaban J connectivity index is 2.68. The van der Waals surface area contributed by atoms with Crippen LogP contribution in [0.3, 0.4) is 0 Å². The molecule has 21 heavy (non-hydrogen) atoms. The van der Waals surface area contributed by atoms with Crippen molar-refractivity contribution in [2.75, 3.05) is 0 Å². The van der Waals surface area contributed by atoms with Crippen LogP contribution in [0.4, 0.5) is 4.79 Å². The van der Waals surface area contributed by atoms with Gasteiger partial charge in [-0.25, -0.2) is 9.36 Å². The van der Waals surface area contributed by atoms with Crippen LogP contribution in [-0.4, -0.2) is 16.3 Å². The first-order chi connectivity index (χ1) is 9.73. The third kappa shape index (κ3) is 2.97. The van der Waals surface area contributed by atoms with E-state index in [9.17, 15) is 4.79 Å². The summed E-state index contributed by atoms with van der Waals surface area (Å²) < 4.78 is 6.93. The SMILES string of the molecule is C=C(C)c1cc2ccc(C#N)cc2n1C(=O)OC(C)(C)C. The van der Waals surface area contributed by atoms with Gasteiger partial charge in [-0.15, -0.1) is 0 Å². The van der Waals surface area contributed by atoms with Crippen LogP contribution in [0.1, 0.15) is 39.0 Å². The predicted octanol–water partition coefficient (Wildman–Crippen LogP) is 4.33. The van der Waals surface area contributed by atoms with E-state index in [-0.39, 0.29) is 0 Å². The minimum absolute atomic E-state index is 0.467. The zero-order valence-corrected chi connectivity index (χ0v) is 12.7. The number of nitrogens with zero attached hydrogens (tertiary/aromatic N) is 2. The maximum atomic E-state index is 12.5. The number of benzene rings is 1. The summed E-state index contributed by atoms with van der Waals surface area (Å²) in [6.45, 7) is 11.2. The molecular formula is C17H18N2O2. The average Bonchev–Trinajstić information content (AvgIpc) is 2.74. The minimum Gasteiger partial charge on any atom is -0.443 e. The summed E-state index contributed by atoms with van der Waals surface area (Å²) in [7, 11) is 0. The van der Waals surface area contributed by atoms with Gasteiger partial charge in [-0.05, 0) is 51.5 Å². The number of ether oxygens (including phenoxy) is 1. The van der Waals surface area contributed by atoms with Gasteiger partial charge in [0.15, 0.2) is 0 Å². The summed E-state index contributed by atoms with van der Waals surface area (Å²) in [6, 6.07) is 9.19. The molecule has 4 heteroatoms. The zero-order chi connectivity index (χ0) is 15.8. The normalized spacial score (nSPS) is 11.2. The molecule has 0 atom stereocenters. The number of aromatic nitrogens is 1. The first-order valence-electron chi connectivity index (χ1n) is 6.68. The Kier molecular flexibility index (Phi) is 3.61. The van der Waals surface area contributed by atoms with E-state index in [0.29, 0.717) is 16.8 Å². The number of rotatable bonds is 1. The fourth-order valence-corrected chi connectivity index (χ4v) is 2.09. The van der Waals surface area contributed by atoms with E-state index in [1.54, 1.807) is 12.1 Å². The quantitative estimate of drug-likeness (QED) is 0.782. The summed E-state index contributed by atoms with van der Waals surface area (Å²) in [5.74, 6) is 0. The molecule has 0 aliphatic rings. The van der Waals surface area contributed by atoms with Crippen LogP contribution in [0.15, 0.2) is 30.8 Å². The van der Waals surface area contributed by atoms with Crippen LogP contribution in [0.25, 0.3) is 16.5 Å². The van der Waals surface area contributed by atoms with E-state index < -0.39 is 11.7 Å². The van der Waals surface area contributed by atoms with E-state index >= 15 is 0 Å². The standard InChI is InChI=1S/C17H18N2O2/c1-11(2)14-9-13-7-6-12(10-18)8-15(13)19(14)16(20)21-17(3,4)5/h6-9H,1H2,2-5H3. The molecule has 2 aromatic rings. The van der Waals surface area contributed by atoms with Gasteiger partial charge in [0.05, 0.1) is 22.8 Å². The number of fused-ring (bicyclic) bond motifs is 1. The molecule has 0 radical (unpaired) electrons. The highest BCUT2D eigenvalue weighted by Crippen LogP contribution is 2.26. The van der Waals surface area contributed by atoms with Crippen molar-refractivity contribution in [3.8, 4) is 6.07 Å². The maximum Gasteiger partial charge on any atom is 0.419 e. The van der Waals surface area contributed by atoms with Crippen LogP contribution in [0.5, 0.6) is 0 Å². The monoisotopic (exact) mass is 282 g/mol. The third-order valence-electron chi connectivity index (χ3n) is 2.95. The van der Waals surface area contributed by atoms with E-state index in [0.717, 1.165) is 11.0 Å². The first-order valence-corrected chi connectivity index (χ1v) is 6.68. The number of hydrogen-bond acceptors (Lipinski definition) is 3. The van der Waals surface area contributed by atoms with Crippen molar-refractivity contribution in [3.63, 3.8) is 0 Å². The Morgan fingerprint density at radius 1 is 1.33 bits per heavy atom. The van der Waals surface area contributed by atoms with Crippen molar-refractivity contribution < 1.29 is 9.53 Å². The largest absolute Gasteiger partial charge is 0.443 e. The van der Waals surface area contributed by atoms with E-state index in [4.69, 9.17) is 10.00 Å². The maximum absolute atomic E-state index is 12.5. The van der Waals surface area contributed by atoms with Gasteiger partial charge in [-0.2, -0.15) is 5.26 Å². The minimum atomic E-state index is -0.590. The smallest absolute Gasteiger partial charge is 0.419 e. The molecule has 0 unspecified atom stereocenters. The van der Waals surface area contributed by atoms with Crippen molar-refractivity contribution in [2.45, 2.75) is 33.3 Å². The molecule has 0 saturated carbocycles. The zero-order valence-electron chi connectivity index (χ0n) is 12.7. The molecule has 0 saturated heterocycles. The lowest BCUT2D eigenvalue weighted by molar-refractivity contribution is 0.0543. The van der Waals surface area contributed by atoms with Gasteiger partial charge in [0.2, 0.25) is 0 Å². The van der Waals surface area contributed by atoms with E-state index in [2.05, 4.69) is 12.6 Å². The Morgan fingerprint density at radius 3 is 2.52 bits per heavy atom. The summed E-state index contributed by atoms with van der Waals surface area (Å²) in [5, 5.41) is 9.91. The van der Waals surface area contributed by atoms with Crippen LogP contribution < -0.4 is 0 Å². The number of hydrogen-bond donors (Lipinski definition) is 0.